The molecule has 21 heavy (non-hydrogen) atoms. The monoisotopic (exact) mass is 297 g/mol. The minimum absolute atomic E-state index is 0.0235. The van der Waals surface area contributed by atoms with Gasteiger partial charge < -0.3 is 20.3 Å². The Balaban J connectivity index is 1.57. The molecule has 1 aliphatic heterocycles. The van der Waals surface area contributed by atoms with Crippen molar-refractivity contribution in [3.8, 4) is 0 Å². The van der Waals surface area contributed by atoms with Crippen molar-refractivity contribution in [3.05, 3.63) is 0 Å². The largest absolute Gasteiger partial charge is 0.370 e. The number of carbonyl (C=O) groups excluding carboxylic acids is 3. The Bertz CT molecular complexity index is 394. The van der Waals surface area contributed by atoms with E-state index in [0.29, 0.717) is 25.7 Å². The van der Waals surface area contributed by atoms with Crippen LogP contribution >= 0.6 is 0 Å². The lowest BCUT2D eigenvalue weighted by Gasteiger charge is -2.26. The number of amides is 3. The van der Waals surface area contributed by atoms with Crippen LogP contribution in [0, 0.1) is 0 Å². The fraction of sp³-hybridized carbons (Fsp3) is 0.786. The van der Waals surface area contributed by atoms with Gasteiger partial charge in [0, 0.05) is 25.6 Å². The van der Waals surface area contributed by atoms with Crippen LogP contribution in [-0.4, -0.2) is 61.5 Å². The van der Waals surface area contributed by atoms with Gasteiger partial charge in [-0.05, 0) is 12.8 Å². The molecule has 0 aromatic heterocycles. The zero-order chi connectivity index (χ0) is 15.1. The van der Waals surface area contributed by atoms with Crippen LogP contribution in [0.4, 0.5) is 0 Å². The number of nitrogens with one attached hydrogen (secondary N) is 2. The molecule has 0 spiro atoms. The van der Waals surface area contributed by atoms with Crippen LogP contribution in [0.2, 0.25) is 0 Å². The summed E-state index contributed by atoms with van der Waals surface area (Å²) < 4.78 is 4.99. The lowest BCUT2D eigenvalue weighted by molar-refractivity contribution is -0.145. The van der Waals surface area contributed by atoms with Gasteiger partial charge in [0.15, 0.2) is 0 Å². The second-order valence-corrected chi connectivity index (χ2v) is 5.52. The first-order chi connectivity index (χ1) is 10.1. The number of nitrogens with zero attached hydrogens (tertiary/aromatic N) is 1. The van der Waals surface area contributed by atoms with E-state index in [4.69, 9.17) is 4.74 Å². The van der Waals surface area contributed by atoms with E-state index < -0.39 is 0 Å². The van der Waals surface area contributed by atoms with Gasteiger partial charge in [-0.1, -0.05) is 12.8 Å². The van der Waals surface area contributed by atoms with Crippen molar-refractivity contribution in [3.63, 3.8) is 0 Å². The fourth-order valence-corrected chi connectivity index (χ4v) is 2.63. The Morgan fingerprint density at radius 1 is 1.24 bits per heavy atom. The van der Waals surface area contributed by atoms with Crippen molar-refractivity contribution in [1.82, 2.24) is 15.5 Å². The third-order valence-electron chi connectivity index (χ3n) is 3.81. The molecule has 0 atom stereocenters. The van der Waals surface area contributed by atoms with Gasteiger partial charge in [-0.2, -0.15) is 0 Å². The van der Waals surface area contributed by atoms with Crippen LogP contribution in [0.3, 0.4) is 0 Å². The Hall–Kier alpha value is -1.63. The molecule has 2 aliphatic rings. The zero-order valence-electron chi connectivity index (χ0n) is 12.2. The van der Waals surface area contributed by atoms with Crippen molar-refractivity contribution < 1.29 is 19.1 Å². The Kier molecular flexibility index (Phi) is 5.98. The molecule has 7 heteroatoms. The first kappa shape index (κ1) is 15.8. The Morgan fingerprint density at radius 2 is 2.00 bits per heavy atom. The third kappa shape index (κ3) is 5.34. The molecule has 7 nitrogen and oxygen atoms in total. The van der Waals surface area contributed by atoms with Crippen molar-refractivity contribution in [2.24, 2.45) is 0 Å². The molecule has 1 saturated carbocycles. The summed E-state index contributed by atoms with van der Waals surface area (Å²) in [7, 11) is 0. The molecule has 2 fully saturated rings. The van der Waals surface area contributed by atoms with Crippen LogP contribution in [0.1, 0.15) is 32.1 Å². The molecule has 2 rings (SSSR count). The summed E-state index contributed by atoms with van der Waals surface area (Å²) in [6.45, 7) is 1.27. The van der Waals surface area contributed by atoms with Gasteiger partial charge in [0.1, 0.15) is 6.61 Å². The topological polar surface area (TPSA) is 87.7 Å². The van der Waals surface area contributed by atoms with Crippen molar-refractivity contribution >= 4 is 17.7 Å². The number of ether oxygens (including phenoxy) is 1. The van der Waals surface area contributed by atoms with Gasteiger partial charge in [0.2, 0.25) is 17.7 Å². The number of carbonyl (C=O) groups is 3. The molecular weight excluding hydrogens is 274 g/mol. The number of rotatable bonds is 6. The summed E-state index contributed by atoms with van der Waals surface area (Å²) in [6.07, 6.45) is 4.73. The van der Waals surface area contributed by atoms with E-state index in [2.05, 4.69) is 10.6 Å². The summed E-state index contributed by atoms with van der Waals surface area (Å²) in [4.78, 5) is 36.3. The predicted octanol–water partition coefficient (Wildman–Crippen LogP) is -0.590. The third-order valence-corrected chi connectivity index (χ3v) is 3.81. The number of morpholine rings is 1. The zero-order valence-corrected chi connectivity index (χ0v) is 12.2. The molecule has 0 aromatic rings. The average Bonchev–Trinajstić information content (AvgIpc) is 2.94. The maximum absolute atomic E-state index is 11.7. The van der Waals surface area contributed by atoms with Crippen molar-refractivity contribution in [1.29, 1.82) is 0 Å². The number of hydrogen-bond acceptors (Lipinski definition) is 4. The quantitative estimate of drug-likeness (QED) is 0.686. The Morgan fingerprint density at radius 3 is 2.71 bits per heavy atom. The highest BCUT2D eigenvalue weighted by Crippen LogP contribution is 2.17. The summed E-state index contributed by atoms with van der Waals surface area (Å²) in [6, 6.07) is 0.305. The number of hydrogen-bond donors (Lipinski definition) is 2. The molecule has 2 N–H and O–H groups in total. The van der Waals surface area contributed by atoms with Gasteiger partial charge in [-0.25, -0.2) is 0 Å². The smallest absolute Gasteiger partial charge is 0.249 e. The normalized spacial score (nSPS) is 19.6. The van der Waals surface area contributed by atoms with E-state index in [0.717, 1.165) is 12.8 Å². The van der Waals surface area contributed by atoms with Crippen LogP contribution in [0.5, 0.6) is 0 Å². The van der Waals surface area contributed by atoms with Crippen molar-refractivity contribution in [2.45, 2.75) is 38.1 Å². The lowest BCUT2D eigenvalue weighted by atomic mass is 10.2. The Labute approximate surface area is 124 Å². The highest BCUT2D eigenvalue weighted by molar-refractivity contribution is 5.86. The second-order valence-electron chi connectivity index (χ2n) is 5.52. The van der Waals surface area contributed by atoms with Gasteiger partial charge in [-0.15, -0.1) is 0 Å². The molecular formula is C14H23N3O4. The standard InChI is InChI=1S/C14H23N3O4/c18-12(16-11-3-1-2-4-11)5-6-15-13(19)9-17-7-8-21-10-14(17)20/h11H,1-10H2,(H,15,19)(H,16,18). The van der Waals surface area contributed by atoms with Gasteiger partial charge in [0.05, 0.1) is 13.2 Å². The molecule has 1 aliphatic carbocycles. The van der Waals surface area contributed by atoms with E-state index >= 15 is 0 Å². The summed E-state index contributed by atoms with van der Waals surface area (Å²) in [5.41, 5.74) is 0. The fourth-order valence-electron chi connectivity index (χ4n) is 2.63. The maximum Gasteiger partial charge on any atom is 0.249 e. The summed E-state index contributed by atoms with van der Waals surface area (Å²) in [5.74, 6) is -0.432. The average molecular weight is 297 g/mol. The molecule has 1 heterocycles. The second kappa shape index (κ2) is 7.97. The minimum Gasteiger partial charge on any atom is -0.370 e. The lowest BCUT2D eigenvalue weighted by Crippen LogP contribution is -2.47. The van der Waals surface area contributed by atoms with E-state index in [9.17, 15) is 14.4 Å². The first-order valence-electron chi connectivity index (χ1n) is 7.57. The van der Waals surface area contributed by atoms with E-state index in [1.807, 2.05) is 0 Å². The highest BCUT2D eigenvalue weighted by Gasteiger charge is 2.21. The predicted molar refractivity (Wildman–Crippen MR) is 75.4 cm³/mol. The highest BCUT2D eigenvalue weighted by atomic mass is 16.5. The van der Waals surface area contributed by atoms with Gasteiger partial charge >= 0.3 is 0 Å². The van der Waals surface area contributed by atoms with E-state index in [1.165, 1.54) is 17.7 Å². The van der Waals surface area contributed by atoms with Crippen LogP contribution in [0.25, 0.3) is 0 Å². The SMILES string of the molecule is O=C(CN1CCOCC1=O)NCCC(=O)NC1CCCC1. The van der Waals surface area contributed by atoms with Gasteiger partial charge in [0.25, 0.3) is 0 Å². The summed E-state index contributed by atoms with van der Waals surface area (Å²) in [5, 5.41) is 5.64. The summed E-state index contributed by atoms with van der Waals surface area (Å²) >= 11 is 0. The molecule has 1 saturated heterocycles. The first-order valence-corrected chi connectivity index (χ1v) is 7.57. The van der Waals surface area contributed by atoms with E-state index in [1.54, 1.807) is 0 Å². The molecule has 118 valence electrons. The van der Waals surface area contributed by atoms with Crippen LogP contribution < -0.4 is 10.6 Å². The molecule has 0 radical (unpaired) electrons. The van der Waals surface area contributed by atoms with Gasteiger partial charge in [-0.3, -0.25) is 14.4 Å². The molecule has 3 amide bonds. The maximum atomic E-state index is 11.7. The van der Waals surface area contributed by atoms with Crippen molar-refractivity contribution in [2.75, 3.05) is 32.8 Å². The minimum atomic E-state index is -0.237. The molecule has 0 aromatic carbocycles. The van der Waals surface area contributed by atoms with Crippen LogP contribution in [-0.2, 0) is 19.1 Å². The van der Waals surface area contributed by atoms with Crippen LogP contribution in [0.15, 0.2) is 0 Å². The molecule has 0 bridgehead atoms. The molecule has 0 unspecified atom stereocenters. The van der Waals surface area contributed by atoms with E-state index in [-0.39, 0.29) is 37.3 Å².